The summed E-state index contributed by atoms with van der Waals surface area (Å²) in [4.78, 5) is 15.1. The predicted octanol–water partition coefficient (Wildman–Crippen LogP) is 3.89. The van der Waals surface area contributed by atoms with Crippen molar-refractivity contribution >= 4 is 26.6 Å². The van der Waals surface area contributed by atoms with E-state index < -0.39 is 27.4 Å². The summed E-state index contributed by atoms with van der Waals surface area (Å²) in [5, 5.41) is 0.741. The molecule has 1 amide bonds. The third-order valence-electron chi connectivity index (χ3n) is 5.56. The molecule has 4 rings (SSSR count). The summed E-state index contributed by atoms with van der Waals surface area (Å²) in [5.41, 5.74) is 8.22. The number of H-pyrrole nitrogens is 1. The number of rotatable bonds is 3. The van der Waals surface area contributed by atoms with E-state index in [9.17, 15) is 22.0 Å². The molecule has 0 aliphatic carbocycles. The average molecular weight is 418 g/mol. The Morgan fingerprint density at radius 2 is 1.83 bits per heavy atom. The molecule has 1 saturated heterocycles. The summed E-state index contributed by atoms with van der Waals surface area (Å²) in [6, 6.07) is 6.91. The molecule has 3 aromatic rings. The van der Waals surface area contributed by atoms with Crippen LogP contribution in [0.25, 0.3) is 22.0 Å². The number of hydrogen-bond donors (Lipinski definition) is 2. The van der Waals surface area contributed by atoms with Crippen LogP contribution in [0.2, 0.25) is 0 Å². The molecule has 2 heterocycles. The third-order valence-corrected chi connectivity index (χ3v) is 7.33. The number of hydrogen-bond acceptors (Lipinski definition) is 3. The van der Waals surface area contributed by atoms with Gasteiger partial charge in [-0.05, 0) is 66.1 Å². The lowest BCUT2D eigenvalue weighted by atomic mass is 9.90. The number of primary amides is 1. The topological polar surface area (TPSA) is 93.0 Å². The average Bonchev–Trinajstić information content (AvgIpc) is 3.00. The molecule has 1 atom stereocenters. The van der Waals surface area contributed by atoms with Crippen molar-refractivity contribution < 1.29 is 22.0 Å². The van der Waals surface area contributed by atoms with Gasteiger partial charge in [-0.25, -0.2) is 17.2 Å². The number of carbonyl (C=O) groups is 1. The zero-order chi connectivity index (χ0) is 20.8. The Morgan fingerprint density at radius 3 is 2.55 bits per heavy atom. The van der Waals surface area contributed by atoms with Gasteiger partial charge >= 0.3 is 0 Å². The summed E-state index contributed by atoms with van der Waals surface area (Å²) in [5.74, 6) is -2.26. The Labute approximate surface area is 166 Å². The second-order valence-electron chi connectivity index (χ2n) is 7.46. The summed E-state index contributed by atoms with van der Waals surface area (Å²) < 4.78 is 51.0. The maximum atomic E-state index is 13.7. The molecule has 2 aromatic carbocycles. The van der Waals surface area contributed by atoms with Crippen molar-refractivity contribution in [1.29, 1.82) is 0 Å². The fourth-order valence-electron chi connectivity index (χ4n) is 4.06. The number of sulfone groups is 1. The molecule has 1 unspecified atom stereocenters. The standard InChI is InChI=1S/C21H20F2N2O3S/c22-18-4-3-13(10-19(18)23)14-8-15-17(11-25-20(15)16(9-14)21(24)26)12-2-1-6-29(27,28)7-5-12/h3-4,8-12,25H,1-2,5-7H2,(H2,24,26). The van der Waals surface area contributed by atoms with Gasteiger partial charge in [-0.1, -0.05) is 6.07 Å². The van der Waals surface area contributed by atoms with Crippen LogP contribution < -0.4 is 5.73 Å². The van der Waals surface area contributed by atoms with Crippen LogP contribution in [0.1, 0.15) is 41.1 Å². The first-order chi connectivity index (χ1) is 13.7. The first-order valence-corrected chi connectivity index (χ1v) is 11.2. The van der Waals surface area contributed by atoms with Crippen molar-refractivity contribution in [2.24, 2.45) is 5.73 Å². The number of nitrogens with one attached hydrogen (secondary N) is 1. The molecule has 5 nitrogen and oxygen atoms in total. The molecule has 1 aliphatic heterocycles. The Balaban J connectivity index is 1.86. The van der Waals surface area contributed by atoms with Gasteiger partial charge in [-0.15, -0.1) is 0 Å². The highest BCUT2D eigenvalue weighted by molar-refractivity contribution is 7.91. The third kappa shape index (κ3) is 3.76. The summed E-state index contributed by atoms with van der Waals surface area (Å²) in [7, 11) is -3.04. The predicted molar refractivity (Wildman–Crippen MR) is 107 cm³/mol. The fraction of sp³-hybridized carbons (Fsp3) is 0.286. The van der Waals surface area contributed by atoms with Gasteiger partial charge in [0.1, 0.15) is 9.84 Å². The van der Waals surface area contributed by atoms with Gasteiger partial charge in [-0.3, -0.25) is 4.79 Å². The van der Waals surface area contributed by atoms with Crippen molar-refractivity contribution in [3.8, 4) is 11.1 Å². The van der Waals surface area contributed by atoms with E-state index in [-0.39, 0.29) is 23.0 Å². The largest absolute Gasteiger partial charge is 0.366 e. The first kappa shape index (κ1) is 19.6. The number of amides is 1. The monoisotopic (exact) mass is 418 g/mol. The van der Waals surface area contributed by atoms with Gasteiger partial charge < -0.3 is 10.7 Å². The number of nitrogens with two attached hydrogens (primary N) is 1. The van der Waals surface area contributed by atoms with Crippen LogP contribution in [-0.4, -0.2) is 30.8 Å². The molecule has 1 fully saturated rings. The Kier molecular flexibility index (Phi) is 4.90. The van der Waals surface area contributed by atoms with Gasteiger partial charge in [0.2, 0.25) is 0 Å². The van der Waals surface area contributed by atoms with E-state index in [2.05, 4.69) is 4.98 Å². The quantitative estimate of drug-likeness (QED) is 0.676. The van der Waals surface area contributed by atoms with E-state index in [1.807, 2.05) is 0 Å². The molecule has 0 bridgehead atoms. The van der Waals surface area contributed by atoms with E-state index in [0.29, 0.717) is 35.9 Å². The number of benzene rings is 2. The van der Waals surface area contributed by atoms with Gasteiger partial charge in [0.15, 0.2) is 11.6 Å². The number of fused-ring (bicyclic) bond motifs is 1. The van der Waals surface area contributed by atoms with E-state index >= 15 is 0 Å². The zero-order valence-corrected chi connectivity index (χ0v) is 16.4. The van der Waals surface area contributed by atoms with E-state index in [1.54, 1.807) is 18.3 Å². The highest BCUT2D eigenvalue weighted by Gasteiger charge is 2.25. The number of halogens is 2. The maximum Gasteiger partial charge on any atom is 0.250 e. The highest BCUT2D eigenvalue weighted by atomic mass is 32.2. The summed E-state index contributed by atoms with van der Waals surface area (Å²) in [6.07, 6.45) is 3.57. The smallest absolute Gasteiger partial charge is 0.250 e. The number of carbonyl (C=O) groups excluding carboxylic acids is 1. The normalized spacial score (nSPS) is 19.2. The molecule has 0 saturated carbocycles. The van der Waals surface area contributed by atoms with Crippen molar-refractivity contribution in [1.82, 2.24) is 4.98 Å². The summed E-state index contributed by atoms with van der Waals surface area (Å²) in [6.45, 7) is 0. The zero-order valence-electron chi connectivity index (χ0n) is 15.5. The molecule has 1 aliphatic rings. The van der Waals surface area contributed by atoms with Crippen LogP contribution in [0.15, 0.2) is 36.5 Å². The fourth-order valence-corrected chi connectivity index (χ4v) is 5.51. The molecule has 152 valence electrons. The SMILES string of the molecule is NC(=O)c1cc(-c2ccc(F)c(F)c2)cc2c(C3CCCS(=O)(=O)CC3)c[nH]c12. The molecular weight excluding hydrogens is 398 g/mol. The van der Waals surface area contributed by atoms with Gasteiger partial charge in [0, 0.05) is 11.6 Å². The minimum atomic E-state index is -3.04. The van der Waals surface area contributed by atoms with Gasteiger partial charge in [0.25, 0.3) is 5.91 Å². The second-order valence-corrected chi connectivity index (χ2v) is 9.77. The summed E-state index contributed by atoms with van der Waals surface area (Å²) >= 11 is 0. The Morgan fingerprint density at radius 1 is 1.03 bits per heavy atom. The van der Waals surface area contributed by atoms with Gasteiger partial charge in [0.05, 0.1) is 22.6 Å². The molecule has 8 heteroatoms. The van der Waals surface area contributed by atoms with Crippen LogP contribution in [0.4, 0.5) is 8.78 Å². The van der Waals surface area contributed by atoms with E-state index in [0.717, 1.165) is 23.1 Å². The van der Waals surface area contributed by atoms with Crippen molar-refractivity contribution in [2.75, 3.05) is 11.5 Å². The molecule has 0 radical (unpaired) electrons. The molecular formula is C21H20F2N2O3S. The molecule has 0 spiro atoms. The number of aromatic amines is 1. The maximum absolute atomic E-state index is 13.7. The van der Waals surface area contributed by atoms with Crippen molar-refractivity contribution in [3.05, 3.63) is 59.3 Å². The Bertz CT molecular complexity index is 1220. The lowest BCUT2D eigenvalue weighted by Crippen LogP contribution is -2.12. The van der Waals surface area contributed by atoms with Crippen LogP contribution in [0.3, 0.4) is 0 Å². The van der Waals surface area contributed by atoms with Crippen LogP contribution in [-0.2, 0) is 9.84 Å². The van der Waals surface area contributed by atoms with Crippen LogP contribution in [0.5, 0.6) is 0 Å². The van der Waals surface area contributed by atoms with E-state index in [1.165, 1.54) is 6.07 Å². The van der Waals surface area contributed by atoms with E-state index in [4.69, 9.17) is 5.73 Å². The van der Waals surface area contributed by atoms with Crippen LogP contribution in [0, 0.1) is 11.6 Å². The molecule has 3 N–H and O–H groups in total. The Hall–Kier alpha value is -2.74. The van der Waals surface area contributed by atoms with Gasteiger partial charge in [-0.2, -0.15) is 0 Å². The lowest BCUT2D eigenvalue weighted by Gasteiger charge is -2.14. The minimum Gasteiger partial charge on any atom is -0.366 e. The van der Waals surface area contributed by atoms with Crippen molar-refractivity contribution in [2.45, 2.75) is 25.2 Å². The molecule has 29 heavy (non-hydrogen) atoms. The lowest BCUT2D eigenvalue weighted by molar-refractivity contribution is 0.100. The van der Waals surface area contributed by atoms with Crippen molar-refractivity contribution in [3.63, 3.8) is 0 Å². The first-order valence-electron chi connectivity index (χ1n) is 9.36. The van der Waals surface area contributed by atoms with Crippen LogP contribution >= 0.6 is 0 Å². The highest BCUT2D eigenvalue weighted by Crippen LogP contribution is 2.37. The number of aromatic nitrogens is 1. The minimum absolute atomic E-state index is 0.0157. The molecule has 1 aromatic heterocycles. The second kappa shape index (κ2) is 7.26.